The summed E-state index contributed by atoms with van der Waals surface area (Å²) in [4.78, 5) is 5.32. The SMILES string of the molecule is Cc1nc(C)c(C(O)C(CN)c2ccc(C(C)C)cc2)s1. The van der Waals surface area contributed by atoms with Gasteiger partial charge in [-0.05, 0) is 30.9 Å². The van der Waals surface area contributed by atoms with Crippen molar-refractivity contribution in [3.63, 3.8) is 0 Å². The summed E-state index contributed by atoms with van der Waals surface area (Å²) in [5.74, 6) is 0.413. The van der Waals surface area contributed by atoms with Gasteiger partial charge in [0, 0.05) is 12.5 Å². The highest BCUT2D eigenvalue weighted by molar-refractivity contribution is 7.11. The Kier molecular flexibility index (Phi) is 5.14. The number of rotatable bonds is 5. The summed E-state index contributed by atoms with van der Waals surface area (Å²) >= 11 is 1.55. The van der Waals surface area contributed by atoms with Crippen molar-refractivity contribution in [3.8, 4) is 0 Å². The van der Waals surface area contributed by atoms with E-state index in [9.17, 15) is 5.11 Å². The van der Waals surface area contributed by atoms with Crippen molar-refractivity contribution >= 4 is 11.3 Å². The largest absolute Gasteiger partial charge is 0.387 e. The van der Waals surface area contributed by atoms with Crippen LogP contribution in [0.4, 0.5) is 0 Å². The Bertz CT molecular complexity index is 589. The molecule has 1 heterocycles. The van der Waals surface area contributed by atoms with E-state index in [2.05, 4.69) is 43.1 Å². The maximum Gasteiger partial charge on any atom is 0.0981 e. The van der Waals surface area contributed by atoms with Gasteiger partial charge in [0.25, 0.3) is 0 Å². The summed E-state index contributed by atoms with van der Waals surface area (Å²) in [6, 6.07) is 8.42. The quantitative estimate of drug-likeness (QED) is 0.886. The Morgan fingerprint density at radius 3 is 2.14 bits per heavy atom. The molecule has 21 heavy (non-hydrogen) atoms. The zero-order chi connectivity index (χ0) is 15.6. The number of nitrogens with two attached hydrogens (primary N) is 1. The summed E-state index contributed by atoms with van der Waals surface area (Å²) < 4.78 is 0. The third kappa shape index (κ3) is 3.51. The van der Waals surface area contributed by atoms with Gasteiger partial charge in [0.15, 0.2) is 0 Å². The number of aromatic nitrogens is 1. The van der Waals surface area contributed by atoms with Crippen molar-refractivity contribution in [1.29, 1.82) is 0 Å². The van der Waals surface area contributed by atoms with Gasteiger partial charge >= 0.3 is 0 Å². The van der Waals surface area contributed by atoms with Crippen LogP contribution in [-0.4, -0.2) is 16.6 Å². The molecule has 1 aromatic heterocycles. The molecule has 0 saturated heterocycles. The van der Waals surface area contributed by atoms with Crippen LogP contribution in [0, 0.1) is 13.8 Å². The lowest BCUT2D eigenvalue weighted by Crippen LogP contribution is -2.20. The Morgan fingerprint density at radius 2 is 1.71 bits per heavy atom. The third-order valence-corrected chi connectivity index (χ3v) is 5.02. The van der Waals surface area contributed by atoms with Gasteiger partial charge in [-0.3, -0.25) is 0 Å². The second kappa shape index (κ2) is 6.69. The van der Waals surface area contributed by atoms with Crippen LogP contribution in [0.1, 0.15) is 58.5 Å². The van der Waals surface area contributed by atoms with Crippen molar-refractivity contribution in [2.45, 2.75) is 45.6 Å². The van der Waals surface area contributed by atoms with E-state index in [4.69, 9.17) is 5.73 Å². The van der Waals surface area contributed by atoms with Crippen LogP contribution in [0.15, 0.2) is 24.3 Å². The van der Waals surface area contributed by atoms with Gasteiger partial charge in [0.2, 0.25) is 0 Å². The molecule has 0 aliphatic heterocycles. The number of thiazole rings is 1. The molecule has 2 unspecified atom stereocenters. The van der Waals surface area contributed by atoms with E-state index in [-0.39, 0.29) is 5.92 Å². The van der Waals surface area contributed by atoms with Gasteiger partial charge < -0.3 is 10.8 Å². The van der Waals surface area contributed by atoms with Crippen molar-refractivity contribution in [2.75, 3.05) is 6.54 Å². The molecule has 2 aromatic rings. The van der Waals surface area contributed by atoms with Gasteiger partial charge in [-0.15, -0.1) is 11.3 Å². The molecule has 114 valence electrons. The maximum atomic E-state index is 10.7. The Morgan fingerprint density at radius 1 is 1.14 bits per heavy atom. The number of benzene rings is 1. The minimum absolute atomic E-state index is 0.0928. The van der Waals surface area contributed by atoms with Gasteiger partial charge in [-0.25, -0.2) is 4.98 Å². The van der Waals surface area contributed by atoms with E-state index in [0.717, 1.165) is 21.1 Å². The van der Waals surface area contributed by atoms with E-state index in [0.29, 0.717) is 12.5 Å². The number of hydrogen-bond donors (Lipinski definition) is 2. The normalized spacial score (nSPS) is 14.4. The monoisotopic (exact) mass is 304 g/mol. The van der Waals surface area contributed by atoms with Crippen molar-refractivity contribution in [3.05, 3.63) is 51.0 Å². The molecule has 0 aliphatic rings. The Hall–Kier alpha value is -1.23. The van der Waals surface area contributed by atoms with Gasteiger partial charge in [0.05, 0.1) is 21.7 Å². The van der Waals surface area contributed by atoms with E-state index < -0.39 is 6.10 Å². The van der Waals surface area contributed by atoms with E-state index in [1.807, 2.05) is 13.8 Å². The van der Waals surface area contributed by atoms with Crippen LogP contribution in [0.5, 0.6) is 0 Å². The zero-order valence-corrected chi connectivity index (χ0v) is 13.9. The standard InChI is InChI=1S/C17H24N2OS/c1-10(2)13-5-7-14(8-6-13)15(9-18)16(20)17-11(3)19-12(4)21-17/h5-8,10,15-16,20H,9,18H2,1-4H3. The summed E-state index contributed by atoms with van der Waals surface area (Å²) in [5.41, 5.74) is 9.21. The fraction of sp³-hybridized carbons (Fsp3) is 0.471. The van der Waals surface area contributed by atoms with E-state index in [1.54, 1.807) is 11.3 Å². The smallest absolute Gasteiger partial charge is 0.0981 e. The molecule has 0 spiro atoms. The highest BCUT2D eigenvalue weighted by Crippen LogP contribution is 2.35. The average molecular weight is 304 g/mol. The first kappa shape index (κ1) is 16.1. The van der Waals surface area contributed by atoms with Crippen molar-refractivity contribution < 1.29 is 5.11 Å². The molecule has 0 amide bonds. The molecule has 2 atom stereocenters. The van der Waals surface area contributed by atoms with Crippen LogP contribution in [0.2, 0.25) is 0 Å². The van der Waals surface area contributed by atoms with Crippen LogP contribution in [0.3, 0.4) is 0 Å². The Labute approximate surface area is 130 Å². The molecule has 0 radical (unpaired) electrons. The third-order valence-electron chi connectivity index (χ3n) is 3.87. The predicted octanol–water partition coefficient (Wildman–Crippen LogP) is 3.66. The minimum Gasteiger partial charge on any atom is -0.387 e. The van der Waals surface area contributed by atoms with Crippen LogP contribution in [-0.2, 0) is 0 Å². The number of aryl methyl sites for hydroxylation is 2. The first-order valence-electron chi connectivity index (χ1n) is 7.36. The molecule has 1 aromatic carbocycles. The number of nitrogens with zero attached hydrogens (tertiary/aromatic N) is 1. The van der Waals surface area contributed by atoms with E-state index in [1.165, 1.54) is 5.56 Å². The topological polar surface area (TPSA) is 59.1 Å². The Balaban J connectivity index is 2.28. The van der Waals surface area contributed by atoms with E-state index >= 15 is 0 Å². The minimum atomic E-state index is -0.592. The van der Waals surface area contributed by atoms with Crippen molar-refractivity contribution in [2.24, 2.45) is 5.73 Å². The lowest BCUT2D eigenvalue weighted by molar-refractivity contribution is 0.150. The van der Waals surface area contributed by atoms with Crippen LogP contribution >= 0.6 is 11.3 Å². The van der Waals surface area contributed by atoms with Crippen LogP contribution in [0.25, 0.3) is 0 Å². The van der Waals surface area contributed by atoms with Crippen LogP contribution < -0.4 is 5.73 Å². The first-order valence-corrected chi connectivity index (χ1v) is 8.17. The van der Waals surface area contributed by atoms with Gasteiger partial charge in [0.1, 0.15) is 0 Å². The predicted molar refractivity (Wildman–Crippen MR) is 88.9 cm³/mol. The average Bonchev–Trinajstić information content (AvgIpc) is 2.79. The van der Waals surface area contributed by atoms with Gasteiger partial charge in [-0.1, -0.05) is 38.1 Å². The summed E-state index contributed by atoms with van der Waals surface area (Å²) in [5, 5.41) is 11.7. The molecule has 0 fully saturated rings. The fourth-order valence-corrected chi connectivity index (χ4v) is 3.56. The second-order valence-corrected chi connectivity index (χ2v) is 7.03. The lowest BCUT2D eigenvalue weighted by atomic mass is 9.90. The molecule has 2 rings (SSSR count). The molecular weight excluding hydrogens is 280 g/mol. The zero-order valence-electron chi connectivity index (χ0n) is 13.1. The molecule has 3 nitrogen and oxygen atoms in total. The molecule has 0 aliphatic carbocycles. The molecule has 4 heteroatoms. The highest BCUT2D eigenvalue weighted by atomic mass is 32.1. The fourth-order valence-electron chi connectivity index (χ4n) is 2.58. The molecule has 0 saturated carbocycles. The number of hydrogen-bond acceptors (Lipinski definition) is 4. The molecular formula is C17H24N2OS. The second-order valence-electron chi connectivity index (χ2n) is 5.79. The summed E-state index contributed by atoms with van der Waals surface area (Å²) in [7, 11) is 0. The van der Waals surface area contributed by atoms with Gasteiger partial charge in [-0.2, -0.15) is 0 Å². The summed E-state index contributed by atoms with van der Waals surface area (Å²) in [6.45, 7) is 8.67. The molecule has 3 N–H and O–H groups in total. The highest BCUT2D eigenvalue weighted by Gasteiger charge is 2.25. The maximum absolute atomic E-state index is 10.7. The number of aliphatic hydroxyl groups excluding tert-OH is 1. The lowest BCUT2D eigenvalue weighted by Gasteiger charge is -2.22. The summed E-state index contributed by atoms with van der Waals surface area (Å²) in [6.07, 6.45) is -0.592. The number of aliphatic hydroxyl groups is 1. The molecule has 0 bridgehead atoms. The van der Waals surface area contributed by atoms with Crippen molar-refractivity contribution in [1.82, 2.24) is 4.98 Å². The first-order chi connectivity index (χ1) is 9.93.